The fourth-order valence-electron chi connectivity index (χ4n) is 1.71. The van der Waals surface area contributed by atoms with Gasteiger partial charge in [-0.25, -0.2) is 0 Å². The number of amides is 1. The Hall–Kier alpha value is -1.00. The summed E-state index contributed by atoms with van der Waals surface area (Å²) in [5, 5.41) is 6.26. The second-order valence-corrected chi connectivity index (χ2v) is 4.91. The van der Waals surface area contributed by atoms with Crippen LogP contribution in [0, 0.1) is 0 Å². The molecule has 1 amide bonds. The van der Waals surface area contributed by atoms with E-state index in [0.717, 1.165) is 24.4 Å². The van der Waals surface area contributed by atoms with Crippen LogP contribution >= 0.6 is 11.8 Å². The molecule has 4 heteroatoms. The van der Waals surface area contributed by atoms with Gasteiger partial charge >= 0.3 is 0 Å². The van der Waals surface area contributed by atoms with Crippen molar-refractivity contribution in [2.24, 2.45) is 0 Å². The van der Waals surface area contributed by atoms with Gasteiger partial charge in [0, 0.05) is 17.5 Å². The molecule has 1 saturated heterocycles. The predicted octanol–water partition coefficient (Wildman–Crippen LogP) is 1.26. The van der Waals surface area contributed by atoms with Crippen molar-refractivity contribution in [2.45, 2.75) is 17.4 Å². The van der Waals surface area contributed by atoms with E-state index in [1.54, 1.807) is 11.8 Å². The van der Waals surface area contributed by atoms with E-state index in [1.165, 1.54) is 0 Å². The zero-order valence-electron chi connectivity index (χ0n) is 9.11. The molecule has 1 fully saturated rings. The average Bonchev–Trinajstić information content (AvgIpc) is 2.81. The van der Waals surface area contributed by atoms with Crippen LogP contribution in [0.5, 0.6) is 0 Å². The number of thioether (sulfide) groups is 1. The highest BCUT2D eigenvalue weighted by molar-refractivity contribution is 8.00. The van der Waals surface area contributed by atoms with Gasteiger partial charge in [0.2, 0.25) is 5.91 Å². The van der Waals surface area contributed by atoms with E-state index >= 15 is 0 Å². The fourth-order valence-corrected chi connectivity index (χ4v) is 2.44. The van der Waals surface area contributed by atoms with Gasteiger partial charge in [-0.15, -0.1) is 11.8 Å². The highest BCUT2D eigenvalue weighted by Crippen LogP contribution is 2.16. The lowest BCUT2D eigenvalue weighted by Crippen LogP contribution is -2.37. The van der Waals surface area contributed by atoms with Crippen LogP contribution in [-0.4, -0.2) is 30.8 Å². The van der Waals surface area contributed by atoms with Crippen LogP contribution in [0.4, 0.5) is 0 Å². The number of rotatable bonds is 4. The van der Waals surface area contributed by atoms with Gasteiger partial charge in [0.1, 0.15) is 0 Å². The van der Waals surface area contributed by atoms with E-state index in [1.807, 2.05) is 30.3 Å². The van der Waals surface area contributed by atoms with Crippen LogP contribution < -0.4 is 10.6 Å². The topological polar surface area (TPSA) is 41.1 Å². The number of hydrogen-bond acceptors (Lipinski definition) is 3. The SMILES string of the molecule is O=C(CSc1ccccc1)N[C@H]1CCNC1. The van der Waals surface area contributed by atoms with Crippen LogP contribution in [0.25, 0.3) is 0 Å². The van der Waals surface area contributed by atoms with Gasteiger partial charge in [-0.05, 0) is 25.1 Å². The van der Waals surface area contributed by atoms with Crippen molar-refractivity contribution in [3.05, 3.63) is 30.3 Å². The molecular formula is C12H16N2OS. The van der Waals surface area contributed by atoms with Crippen LogP contribution in [0.1, 0.15) is 6.42 Å². The monoisotopic (exact) mass is 236 g/mol. The van der Waals surface area contributed by atoms with Gasteiger partial charge < -0.3 is 10.6 Å². The molecule has 1 aliphatic rings. The maximum Gasteiger partial charge on any atom is 0.230 e. The maximum absolute atomic E-state index is 11.6. The van der Waals surface area contributed by atoms with E-state index in [0.29, 0.717) is 11.8 Å². The molecule has 2 rings (SSSR count). The molecule has 0 radical (unpaired) electrons. The van der Waals surface area contributed by atoms with Crippen molar-refractivity contribution in [1.29, 1.82) is 0 Å². The number of carbonyl (C=O) groups is 1. The van der Waals surface area contributed by atoms with Gasteiger partial charge in [0.05, 0.1) is 5.75 Å². The first kappa shape index (κ1) is 11.5. The third kappa shape index (κ3) is 3.54. The lowest BCUT2D eigenvalue weighted by molar-refractivity contribution is -0.119. The smallest absolute Gasteiger partial charge is 0.230 e. The van der Waals surface area contributed by atoms with Crippen molar-refractivity contribution in [1.82, 2.24) is 10.6 Å². The number of benzene rings is 1. The van der Waals surface area contributed by atoms with Gasteiger partial charge in [0.25, 0.3) is 0 Å². The van der Waals surface area contributed by atoms with E-state index in [9.17, 15) is 4.79 Å². The Kier molecular flexibility index (Phi) is 4.25. The second kappa shape index (κ2) is 5.92. The third-order valence-corrected chi connectivity index (χ3v) is 3.55. The van der Waals surface area contributed by atoms with Gasteiger partial charge in [-0.1, -0.05) is 18.2 Å². The lowest BCUT2D eigenvalue weighted by atomic mass is 10.3. The highest BCUT2D eigenvalue weighted by atomic mass is 32.2. The molecular weight excluding hydrogens is 220 g/mol. The number of nitrogens with one attached hydrogen (secondary N) is 2. The molecule has 16 heavy (non-hydrogen) atoms. The first-order valence-electron chi connectivity index (χ1n) is 5.52. The van der Waals surface area contributed by atoms with Gasteiger partial charge in [-0.3, -0.25) is 4.79 Å². The molecule has 3 nitrogen and oxygen atoms in total. The quantitative estimate of drug-likeness (QED) is 0.773. The van der Waals surface area contributed by atoms with Crippen molar-refractivity contribution in [3.8, 4) is 0 Å². The molecule has 0 saturated carbocycles. The molecule has 2 N–H and O–H groups in total. The first-order chi connectivity index (χ1) is 7.84. The first-order valence-corrected chi connectivity index (χ1v) is 6.51. The average molecular weight is 236 g/mol. The fraction of sp³-hybridized carbons (Fsp3) is 0.417. The molecule has 1 aromatic carbocycles. The third-order valence-electron chi connectivity index (χ3n) is 2.54. The van der Waals surface area contributed by atoms with Gasteiger partial charge in [-0.2, -0.15) is 0 Å². The Bertz CT molecular complexity index is 336. The summed E-state index contributed by atoms with van der Waals surface area (Å²) in [5.74, 6) is 0.628. The summed E-state index contributed by atoms with van der Waals surface area (Å²) in [6.45, 7) is 1.92. The van der Waals surface area contributed by atoms with Crippen LogP contribution in [0.2, 0.25) is 0 Å². The summed E-state index contributed by atoms with van der Waals surface area (Å²) in [7, 11) is 0. The van der Waals surface area contributed by atoms with Crippen LogP contribution in [0.15, 0.2) is 35.2 Å². The lowest BCUT2D eigenvalue weighted by Gasteiger charge is -2.10. The summed E-state index contributed by atoms with van der Waals surface area (Å²) in [6, 6.07) is 10.3. The Morgan fingerprint density at radius 2 is 2.25 bits per heavy atom. The molecule has 0 aromatic heterocycles. The molecule has 1 heterocycles. The van der Waals surface area contributed by atoms with Crippen LogP contribution in [-0.2, 0) is 4.79 Å². The zero-order valence-corrected chi connectivity index (χ0v) is 9.93. The summed E-state index contributed by atoms with van der Waals surface area (Å²) < 4.78 is 0. The zero-order chi connectivity index (χ0) is 11.2. The van der Waals surface area contributed by atoms with Crippen LogP contribution in [0.3, 0.4) is 0 Å². The predicted molar refractivity (Wildman–Crippen MR) is 66.6 cm³/mol. The number of hydrogen-bond donors (Lipinski definition) is 2. The molecule has 0 bridgehead atoms. The van der Waals surface area contributed by atoms with E-state index in [2.05, 4.69) is 10.6 Å². The summed E-state index contributed by atoms with van der Waals surface area (Å²) in [5.41, 5.74) is 0. The van der Waals surface area contributed by atoms with E-state index in [4.69, 9.17) is 0 Å². The molecule has 0 spiro atoms. The molecule has 1 aromatic rings. The largest absolute Gasteiger partial charge is 0.351 e. The Balaban J connectivity index is 1.71. The Morgan fingerprint density at radius 3 is 2.94 bits per heavy atom. The Labute approximate surface area is 100.0 Å². The normalized spacial score (nSPS) is 19.6. The molecule has 1 aliphatic heterocycles. The van der Waals surface area contributed by atoms with Crippen molar-refractivity contribution >= 4 is 17.7 Å². The van der Waals surface area contributed by atoms with Crippen molar-refractivity contribution < 1.29 is 4.79 Å². The van der Waals surface area contributed by atoms with Crippen molar-refractivity contribution in [2.75, 3.05) is 18.8 Å². The minimum Gasteiger partial charge on any atom is -0.351 e. The highest BCUT2D eigenvalue weighted by Gasteiger charge is 2.16. The summed E-state index contributed by atoms with van der Waals surface area (Å²) in [6.07, 6.45) is 1.04. The summed E-state index contributed by atoms with van der Waals surface area (Å²) in [4.78, 5) is 12.8. The number of carbonyl (C=O) groups excluding carboxylic acids is 1. The molecule has 0 unspecified atom stereocenters. The molecule has 86 valence electrons. The van der Waals surface area contributed by atoms with Crippen molar-refractivity contribution in [3.63, 3.8) is 0 Å². The maximum atomic E-state index is 11.6. The Morgan fingerprint density at radius 1 is 1.44 bits per heavy atom. The minimum atomic E-state index is 0.127. The minimum absolute atomic E-state index is 0.127. The van der Waals surface area contributed by atoms with E-state index < -0.39 is 0 Å². The van der Waals surface area contributed by atoms with Gasteiger partial charge in [0.15, 0.2) is 0 Å². The summed E-state index contributed by atoms with van der Waals surface area (Å²) >= 11 is 1.58. The molecule has 0 aliphatic carbocycles. The second-order valence-electron chi connectivity index (χ2n) is 3.86. The van der Waals surface area contributed by atoms with E-state index in [-0.39, 0.29) is 5.91 Å². The molecule has 1 atom stereocenters. The standard InChI is InChI=1S/C12H16N2OS/c15-12(14-10-6-7-13-8-10)9-16-11-4-2-1-3-5-11/h1-5,10,13H,6-9H2,(H,14,15)/t10-/m0/s1.